The molecule has 164 valence electrons. The van der Waals surface area contributed by atoms with Crippen molar-refractivity contribution in [3.8, 4) is 11.3 Å². The maximum absolute atomic E-state index is 13.4. The van der Waals surface area contributed by atoms with Gasteiger partial charge in [-0.1, -0.05) is 24.3 Å². The van der Waals surface area contributed by atoms with Gasteiger partial charge in [0.1, 0.15) is 11.5 Å². The van der Waals surface area contributed by atoms with E-state index in [1.165, 1.54) is 19.2 Å². The number of furan rings is 1. The average molecular weight is 442 g/mol. The number of benzene rings is 2. The Morgan fingerprint density at radius 3 is 2.42 bits per heavy atom. The number of rotatable bonds is 4. The van der Waals surface area contributed by atoms with Crippen molar-refractivity contribution >= 4 is 23.1 Å². The summed E-state index contributed by atoms with van der Waals surface area (Å²) in [6, 6.07) is 16.7. The number of hydrogen-bond acceptors (Lipinski definition) is 7. The van der Waals surface area contributed by atoms with Gasteiger partial charge in [0.15, 0.2) is 5.78 Å². The Morgan fingerprint density at radius 1 is 1.06 bits per heavy atom. The van der Waals surface area contributed by atoms with Crippen molar-refractivity contribution in [2.75, 3.05) is 7.11 Å². The number of carbonyl (C=O) groups is 2. The van der Waals surface area contributed by atoms with Crippen LogP contribution in [0.5, 0.6) is 0 Å². The molecule has 0 spiro atoms. The fraction of sp³-hybridized carbons (Fsp3) is 0.120. The van der Waals surface area contributed by atoms with Gasteiger partial charge in [0.05, 0.1) is 29.2 Å². The van der Waals surface area contributed by atoms with Crippen LogP contribution in [0.15, 0.2) is 81.9 Å². The highest BCUT2D eigenvalue weighted by Gasteiger charge is 2.44. The number of dihydropyridines is 1. The van der Waals surface area contributed by atoms with Crippen molar-refractivity contribution in [2.45, 2.75) is 12.8 Å². The van der Waals surface area contributed by atoms with Gasteiger partial charge < -0.3 is 14.5 Å². The molecule has 0 saturated carbocycles. The highest BCUT2D eigenvalue weighted by atomic mass is 16.6. The lowest BCUT2D eigenvalue weighted by atomic mass is 9.83. The van der Waals surface area contributed by atoms with Crippen LogP contribution in [-0.4, -0.2) is 23.8 Å². The Kier molecular flexibility index (Phi) is 4.70. The Hall–Kier alpha value is -4.46. The van der Waals surface area contributed by atoms with Crippen LogP contribution in [0, 0.1) is 10.1 Å². The van der Waals surface area contributed by atoms with Gasteiger partial charge in [-0.25, -0.2) is 4.79 Å². The first-order valence-electron chi connectivity index (χ1n) is 10.2. The van der Waals surface area contributed by atoms with Gasteiger partial charge in [-0.05, 0) is 31.2 Å². The van der Waals surface area contributed by atoms with E-state index in [-0.39, 0.29) is 11.5 Å². The van der Waals surface area contributed by atoms with Crippen molar-refractivity contribution in [3.05, 3.63) is 105 Å². The number of non-ortho nitro benzene ring substituents is 1. The molecule has 8 nitrogen and oxygen atoms in total. The summed E-state index contributed by atoms with van der Waals surface area (Å²) >= 11 is 0. The van der Waals surface area contributed by atoms with Crippen molar-refractivity contribution in [1.82, 2.24) is 5.32 Å². The van der Waals surface area contributed by atoms with E-state index in [2.05, 4.69) is 5.32 Å². The smallest absolute Gasteiger partial charge is 0.336 e. The quantitative estimate of drug-likeness (QED) is 0.357. The Balaban J connectivity index is 1.63. The third-order valence-corrected chi connectivity index (χ3v) is 5.93. The molecular formula is C25H18N2O6. The molecule has 0 fully saturated rings. The molecule has 33 heavy (non-hydrogen) atoms. The van der Waals surface area contributed by atoms with Gasteiger partial charge in [-0.2, -0.15) is 0 Å². The molecule has 1 aliphatic carbocycles. The average Bonchev–Trinajstić information content (AvgIpc) is 3.42. The van der Waals surface area contributed by atoms with Crippen LogP contribution >= 0.6 is 0 Å². The van der Waals surface area contributed by atoms with Crippen LogP contribution in [-0.2, 0) is 9.53 Å². The van der Waals surface area contributed by atoms with Crippen LogP contribution in [0.25, 0.3) is 17.0 Å². The molecule has 2 heterocycles. The lowest BCUT2D eigenvalue weighted by Gasteiger charge is -2.27. The summed E-state index contributed by atoms with van der Waals surface area (Å²) < 4.78 is 11.1. The second-order valence-corrected chi connectivity index (χ2v) is 7.76. The number of nitro groups is 1. The summed E-state index contributed by atoms with van der Waals surface area (Å²) in [6.45, 7) is 1.76. The van der Waals surface area contributed by atoms with E-state index >= 15 is 0 Å². The van der Waals surface area contributed by atoms with Crippen molar-refractivity contribution in [3.63, 3.8) is 0 Å². The molecule has 0 amide bonds. The Bertz CT molecular complexity index is 1390. The molecule has 2 aliphatic rings. The Labute approximate surface area is 188 Å². The zero-order valence-electron chi connectivity index (χ0n) is 17.7. The van der Waals surface area contributed by atoms with Gasteiger partial charge in [0.2, 0.25) is 0 Å². The number of hydrogen-bond donors (Lipinski definition) is 1. The second-order valence-electron chi connectivity index (χ2n) is 7.76. The number of ketones is 1. The molecule has 1 atom stereocenters. The van der Waals surface area contributed by atoms with E-state index in [4.69, 9.17) is 9.15 Å². The first-order chi connectivity index (χ1) is 15.9. The predicted molar refractivity (Wildman–Crippen MR) is 119 cm³/mol. The van der Waals surface area contributed by atoms with Gasteiger partial charge >= 0.3 is 5.97 Å². The molecule has 1 N–H and O–H groups in total. The lowest BCUT2D eigenvalue weighted by molar-refractivity contribution is -0.384. The van der Waals surface area contributed by atoms with Crippen LogP contribution in [0.1, 0.15) is 34.5 Å². The van der Waals surface area contributed by atoms with Gasteiger partial charge in [0.25, 0.3) is 5.69 Å². The van der Waals surface area contributed by atoms with Crippen molar-refractivity contribution < 1.29 is 23.7 Å². The number of methoxy groups -OCH3 is 1. The normalized spacial score (nSPS) is 16.9. The minimum absolute atomic E-state index is 0.0282. The highest BCUT2D eigenvalue weighted by Crippen LogP contribution is 2.47. The van der Waals surface area contributed by atoms with Gasteiger partial charge in [0, 0.05) is 40.1 Å². The molecule has 0 unspecified atom stereocenters. The summed E-state index contributed by atoms with van der Waals surface area (Å²) in [5, 5.41) is 14.2. The summed E-state index contributed by atoms with van der Waals surface area (Å²) in [5.41, 5.74) is 3.88. The van der Waals surface area contributed by atoms with E-state index in [0.29, 0.717) is 45.2 Å². The van der Waals surface area contributed by atoms with Crippen LogP contribution in [0.3, 0.4) is 0 Å². The highest BCUT2D eigenvalue weighted by molar-refractivity contribution is 6.23. The SMILES string of the molecule is COC(=O)C1=C(C)NC2=C(C(=O)c3ccccc32)[C@@H]1c1ccc(-c2ccc([N+](=O)[O-])cc2)o1. The monoisotopic (exact) mass is 442 g/mol. The second kappa shape index (κ2) is 7.59. The number of allylic oxidation sites excluding steroid dienone is 2. The minimum Gasteiger partial charge on any atom is -0.466 e. The zero-order valence-corrected chi connectivity index (χ0v) is 17.7. The number of nitrogens with zero attached hydrogens (tertiary/aromatic N) is 1. The van der Waals surface area contributed by atoms with Crippen LogP contribution in [0.2, 0.25) is 0 Å². The molecule has 0 radical (unpaired) electrons. The van der Waals surface area contributed by atoms with E-state index in [1.54, 1.807) is 43.3 Å². The van der Waals surface area contributed by atoms with E-state index in [9.17, 15) is 19.7 Å². The number of Topliss-reactive ketones (excluding diaryl/α,β-unsaturated/α-hetero) is 1. The fourth-order valence-electron chi connectivity index (χ4n) is 4.40. The van der Waals surface area contributed by atoms with E-state index in [1.807, 2.05) is 12.1 Å². The Morgan fingerprint density at radius 2 is 1.76 bits per heavy atom. The summed E-state index contributed by atoms with van der Waals surface area (Å²) in [5.74, 6) is -0.641. The molecule has 0 saturated heterocycles. The molecule has 1 aromatic heterocycles. The summed E-state index contributed by atoms with van der Waals surface area (Å²) in [7, 11) is 1.29. The molecule has 8 heteroatoms. The third-order valence-electron chi connectivity index (χ3n) is 5.93. The first kappa shape index (κ1) is 20.4. The number of carbonyl (C=O) groups excluding carboxylic acids is 2. The van der Waals surface area contributed by atoms with Crippen molar-refractivity contribution in [1.29, 1.82) is 0 Å². The molecule has 0 bridgehead atoms. The van der Waals surface area contributed by atoms with Crippen molar-refractivity contribution in [2.24, 2.45) is 0 Å². The molecule has 3 aromatic rings. The molecule has 2 aromatic carbocycles. The predicted octanol–water partition coefficient (Wildman–Crippen LogP) is 4.60. The summed E-state index contributed by atoms with van der Waals surface area (Å²) in [6.07, 6.45) is 0. The lowest BCUT2D eigenvalue weighted by Crippen LogP contribution is -2.28. The number of ether oxygens (including phenoxy) is 1. The minimum atomic E-state index is -0.764. The molecule has 1 aliphatic heterocycles. The van der Waals surface area contributed by atoms with E-state index in [0.717, 1.165) is 5.56 Å². The number of esters is 1. The third kappa shape index (κ3) is 3.15. The maximum atomic E-state index is 13.4. The van der Waals surface area contributed by atoms with Gasteiger partial charge in [-0.15, -0.1) is 0 Å². The van der Waals surface area contributed by atoms with Crippen LogP contribution < -0.4 is 5.32 Å². The zero-order chi connectivity index (χ0) is 23.3. The molecular weight excluding hydrogens is 424 g/mol. The van der Waals surface area contributed by atoms with Crippen LogP contribution in [0.4, 0.5) is 5.69 Å². The molecule has 5 rings (SSSR count). The van der Waals surface area contributed by atoms with Gasteiger partial charge in [-0.3, -0.25) is 14.9 Å². The largest absolute Gasteiger partial charge is 0.466 e. The topological polar surface area (TPSA) is 112 Å². The summed E-state index contributed by atoms with van der Waals surface area (Å²) in [4.78, 5) is 36.6. The number of nitro benzene ring substituents is 1. The maximum Gasteiger partial charge on any atom is 0.336 e. The number of nitrogens with one attached hydrogen (secondary N) is 1. The fourth-order valence-corrected chi connectivity index (χ4v) is 4.40. The number of fused-ring (bicyclic) bond motifs is 2. The standard InChI is InChI=1S/C25H18N2O6/c1-13-20(25(29)32-2)21(22-23(26-13)16-5-3-4-6-17(16)24(22)28)19-12-11-18(33-19)14-7-9-15(10-8-14)27(30)31/h3-12,21,26H,1-2H3/t21-/m1/s1. The van der Waals surface area contributed by atoms with E-state index < -0.39 is 16.8 Å². The first-order valence-corrected chi connectivity index (χ1v) is 10.2.